The van der Waals surface area contributed by atoms with Crippen LogP contribution < -0.4 is 0 Å². The van der Waals surface area contributed by atoms with Crippen LogP contribution in [0.25, 0.3) is 0 Å². The number of benzene rings is 2. The van der Waals surface area contributed by atoms with E-state index in [0.717, 1.165) is 41.8 Å². The number of nitrogens with zero attached hydrogens (tertiary/aromatic N) is 2. The molecule has 1 aliphatic carbocycles. The molecule has 0 spiro atoms. The summed E-state index contributed by atoms with van der Waals surface area (Å²) in [5.41, 5.74) is 4.55. The normalized spacial score (nSPS) is 21.2. The number of hydrogen-bond acceptors (Lipinski definition) is 2. The molecule has 0 unspecified atom stereocenters. The topological polar surface area (TPSA) is 23.6 Å². The Morgan fingerprint density at radius 3 is 2.03 bits per heavy atom. The van der Waals surface area contributed by atoms with Crippen LogP contribution in [-0.2, 0) is 4.79 Å². The Morgan fingerprint density at radius 2 is 1.54 bits per heavy atom. The van der Waals surface area contributed by atoms with Gasteiger partial charge >= 0.3 is 6.18 Å². The molecule has 0 radical (unpaired) electrons. The van der Waals surface area contributed by atoms with Crippen LogP contribution in [0.5, 0.6) is 0 Å². The van der Waals surface area contributed by atoms with E-state index in [0.29, 0.717) is 25.1 Å². The van der Waals surface area contributed by atoms with Gasteiger partial charge in [0.2, 0.25) is 0 Å². The largest absolute Gasteiger partial charge is 0.391 e. The predicted molar refractivity (Wildman–Crippen MR) is 142 cm³/mol. The Bertz CT molecular complexity index is 1060. The number of carbonyl (C=O) groups excluding carboxylic acids is 1. The third-order valence-corrected chi connectivity index (χ3v) is 7.90. The lowest BCUT2D eigenvalue weighted by molar-refractivity contribution is -0.184. The number of amides is 1. The minimum Gasteiger partial charge on any atom is -0.302 e. The summed E-state index contributed by atoms with van der Waals surface area (Å²) in [5.74, 6) is -0.971. The summed E-state index contributed by atoms with van der Waals surface area (Å²) in [5, 5.41) is 0. The van der Waals surface area contributed by atoms with Crippen molar-refractivity contribution in [2.75, 3.05) is 19.6 Å². The Morgan fingerprint density at radius 1 is 1.00 bits per heavy atom. The smallest absolute Gasteiger partial charge is 0.302 e. The van der Waals surface area contributed by atoms with Crippen LogP contribution in [0.1, 0.15) is 63.1 Å². The van der Waals surface area contributed by atoms with E-state index in [2.05, 4.69) is 11.5 Å². The lowest BCUT2D eigenvalue weighted by atomic mass is 9.81. The molecule has 0 aromatic heterocycles. The predicted octanol–water partition coefficient (Wildman–Crippen LogP) is 7.53. The zero-order valence-electron chi connectivity index (χ0n) is 21.8. The molecule has 198 valence electrons. The van der Waals surface area contributed by atoms with Gasteiger partial charge in [0, 0.05) is 30.9 Å². The van der Waals surface area contributed by atoms with Crippen LogP contribution in [0.4, 0.5) is 13.2 Å². The molecule has 1 aliphatic heterocycles. The summed E-state index contributed by atoms with van der Waals surface area (Å²) < 4.78 is 39.3. The standard InChI is InChI=1S/C31H37F3N2O/c1-22(2)36(29(25-10-6-4-7-11-25)26-12-8-5-9-13-26)30(37)28-21-35(19-18-23(28)3)20-24-14-16-27(17-15-24)31(32,33)34/h4-13,24,27,29H,1,14-21H2,2-3H3. The van der Waals surface area contributed by atoms with E-state index in [1.165, 1.54) is 0 Å². The highest BCUT2D eigenvalue weighted by molar-refractivity contribution is 5.96. The monoisotopic (exact) mass is 510 g/mol. The molecule has 0 N–H and O–H groups in total. The molecule has 2 aromatic carbocycles. The van der Waals surface area contributed by atoms with E-state index in [4.69, 9.17) is 0 Å². The number of hydrogen-bond donors (Lipinski definition) is 0. The molecular weight excluding hydrogens is 473 g/mol. The van der Waals surface area contributed by atoms with Gasteiger partial charge in [0.05, 0.1) is 12.0 Å². The van der Waals surface area contributed by atoms with Crippen molar-refractivity contribution in [1.82, 2.24) is 9.80 Å². The molecule has 1 fully saturated rings. The van der Waals surface area contributed by atoms with Gasteiger partial charge in [-0.1, -0.05) is 72.8 Å². The molecule has 0 bridgehead atoms. The van der Waals surface area contributed by atoms with Crippen LogP contribution in [0.15, 0.2) is 84.1 Å². The van der Waals surface area contributed by atoms with Crippen molar-refractivity contribution >= 4 is 5.91 Å². The van der Waals surface area contributed by atoms with Crippen LogP contribution in [0, 0.1) is 11.8 Å². The third-order valence-electron chi connectivity index (χ3n) is 7.90. The summed E-state index contributed by atoms with van der Waals surface area (Å²) in [6, 6.07) is 19.7. The van der Waals surface area contributed by atoms with Crippen LogP contribution in [0.2, 0.25) is 0 Å². The van der Waals surface area contributed by atoms with E-state index in [-0.39, 0.29) is 30.7 Å². The molecule has 3 nitrogen and oxygen atoms in total. The van der Waals surface area contributed by atoms with Gasteiger partial charge in [0.15, 0.2) is 0 Å². The molecule has 0 atom stereocenters. The number of rotatable bonds is 7. The maximum atomic E-state index is 14.2. The molecule has 37 heavy (non-hydrogen) atoms. The van der Waals surface area contributed by atoms with Gasteiger partial charge in [-0.2, -0.15) is 13.2 Å². The highest BCUT2D eigenvalue weighted by Gasteiger charge is 2.41. The first kappa shape index (κ1) is 27.2. The molecule has 2 aromatic rings. The Kier molecular flexibility index (Phi) is 8.58. The third kappa shape index (κ3) is 6.53. The van der Waals surface area contributed by atoms with Crippen LogP contribution >= 0.6 is 0 Å². The highest BCUT2D eigenvalue weighted by atomic mass is 19.4. The van der Waals surface area contributed by atoms with Gasteiger partial charge < -0.3 is 4.90 Å². The molecule has 0 saturated heterocycles. The molecule has 1 heterocycles. The van der Waals surface area contributed by atoms with Crippen molar-refractivity contribution in [3.8, 4) is 0 Å². The maximum Gasteiger partial charge on any atom is 0.391 e. The average Bonchev–Trinajstić information content (AvgIpc) is 2.88. The summed E-state index contributed by atoms with van der Waals surface area (Å²) in [6.45, 7) is 10.2. The zero-order valence-corrected chi connectivity index (χ0v) is 21.8. The minimum atomic E-state index is -4.09. The van der Waals surface area contributed by atoms with Gasteiger partial charge in [-0.3, -0.25) is 9.69 Å². The fourth-order valence-electron chi connectivity index (χ4n) is 5.78. The second-order valence-electron chi connectivity index (χ2n) is 10.6. The second-order valence-corrected chi connectivity index (χ2v) is 10.6. The Balaban J connectivity index is 1.53. The summed E-state index contributed by atoms with van der Waals surface area (Å²) in [7, 11) is 0. The molecule has 1 saturated carbocycles. The van der Waals surface area contributed by atoms with Gasteiger partial charge in [0.1, 0.15) is 0 Å². The molecule has 4 rings (SSSR count). The number of alkyl halides is 3. The second kappa shape index (κ2) is 11.7. The zero-order chi connectivity index (χ0) is 26.6. The van der Waals surface area contributed by atoms with Crippen molar-refractivity contribution < 1.29 is 18.0 Å². The summed E-state index contributed by atoms with van der Waals surface area (Å²) in [6.07, 6.45) is -1.70. The first-order valence-electron chi connectivity index (χ1n) is 13.2. The van der Waals surface area contributed by atoms with E-state index in [9.17, 15) is 18.0 Å². The van der Waals surface area contributed by atoms with E-state index >= 15 is 0 Å². The maximum absolute atomic E-state index is 14.2. The van der Waals surface area contributed by atoms with Crippen molar-refractivity contribution in [2.24, 2.45) is 11.8 Å². The van der Waals surface area contributed by atoms with Crippen LogP contribution in [-0.4, -0.2) is 41.5 Å². The van der Waals surface area contributed by atoms with E-state index < -0.39 is 12.1 Å². The lowest BCUT2D eigenvalue weighted by Crippen LogP contribution is -2.43. The number of carbonyl (C=O) groups is 1. The Labute approximate surface area is 218 Å². The first-order valence-corrected chi connectivity index (χ1v) is 13.2. The van der Waals surface area contributed by atoms with Crippen LogP contribution in [0.3, 0.4) is 0 Å². The fraction of sp³-hybridized carbons (Fsp3) is 0.452. The Hall–Kier alpha value is -2.86. The van der Waals surface area contributed by atoms with E-state index in [1.807, 2.05) is 79.4 Å². The minimum absolute atomic E-state index is 0.0480. The molecular formula is C31H37F3N2O. The summed E-state index contributed by atoms with van der Waals surface area (Å²) in [4.78, 5) is 18.3. The van der Waals surface area contributed by atoms with Crippen molar-refractivity contribution in [1.29, 1.82) is 0 Å². The first-order chi connectivity index (χ1) is 17.6. The lowest BCUT2D eigenvalue weighted by Gasteiger charge is -2.38. The van der Waals surface area contributed by atoms with Gasteiger partial charge in [0.25, 0.3) is 5.91 Å². The molecule has 2 aliphatic rings. The van der Waals surface area contributed by atoms with Gasteiger partial charge in [-0.25, -0.2) is 0 Å². The quantitative estimate of drug-likeness (QED) is 0.384. The average molecular weight is 511 g/mol. The molecule has 1 amide bonds. The van der Waals surface area contributed by atoms with Crippen molar-refractivity contribution in [3.05, 3.63) is 95.2 Å². The van der Waals surface area contributed by atoms with E-state index in [1.54, 1.807) is 0 Å². The van der Waals surface area contributed by atoms with Gasteiger partial charge in [-0.05, 0) is 63.0 Å². The number of halogens is 3. The van der Waals surface area contributed by atoms with Crippen molar-refractivity contribution in [3.63, 3.8) is 0 Å². The fourth-order valence-corrected chi connectivity index (χ4v) is 5.78. The SMILES string of the molecule is C=C(C)N(C(=O)C1=C(C)CCN(CC2CCC(C(F)(F)F)CC2)C1)C(c1ccccc1)c1ccccc1. The summed E-state index contributed by atoms with van der Waals surface area (Å²) >= 11 is 0. The molecule has 6 heteroatoms. The highest BCUT2D eigenvalue weighted by Crippen LogP contribution is 2.40. The number of allylic oxidation sites excluding steroid dienone is 1. The van der Waals surface area contributed by atoms with Crippen molar-refractivity contribution in [2.45, 2.75) is 58.2 Å². The van der Waals surface area contributed by atoms with Gasteiger partial charge in [-0.15, -0.1) is 0 Å².